The van der Waals surface area contributed by atoms with Crippen molar-refractivity contribution in [3.8, 4) is 0 Å². The maximum atomic E-state index is 13.9. The first kappa shape index (κ1) is 21.1. The Labute approximate surface area is 188 Å². The predicted octanol–water partition coefficient (Wildman–Crippen LogP) is 2.82. The molecule has 32 heavy (non-hydrogen) atoms. The van der Waals surface area contributed by atoms with Crippen LogP contribution < -0.4 is 0 Å². The zero-order valence-corrected chi connectivity index (χ0v) is 19.2. The summed E-state index contributed by atoms with van der Waals surface area (Å²) in [5.74, 6) is -0.303. The van der Waals surface area contributed by atoms with Gasteiger partial charge in [0.2, 0.25) is 0 Å². The second kappa shape index (κ2) is 6.15. The summed E-state index contributed by atoms with van der Waals surface area (Å²) in [4.78, 5) is 13.9. The van der Waals surface area contributed by atoms with E-state index in [0.717, 1.165) is 17.6 Å². The first-order chi connectivity index (χ1) is 15.0. The van der Waals surface area contributed by atoms with Crippen LogP contribution in [-0.2, 0) is 9.53 Å². The topological polar surface area (TPSA) is 100 Å². The van der Waals surface area contributed by atoms with Gasteiger partial charge in [-0.3, -0.25) is 4.79 Å². The molecule has 3 N–H and O–H groups in total. The molecule has 0 spiro atoms. The summed E-state index contributed by atoms with van der Waals surface area (Å²) in [5, 5.41) is 34.2. The van der Waals surface area contributed by atoms with Crippen LogP contribution in [0.15, 0.2) is 34.7 Å². The largest absolute Gasteiger partial charge is 0.472 e. The summed E-state index contributed by atoms with van der Waals surface area (Å²) in [6, 6.07) is 1.93. The van der Waals surface area contributed by atoms with E-state index in [9.17, 15) is 20.1 Å². The third-order valence-electron chi connectivity index (χ3n) is 10.9. The highest BCUT2D eigenvalue weighted by atomic mass is 16.5. The van der Waals surface area contributed by atoms with Crippen molar-refractivity contribution in [1.82, 2.24) is 0 Å². The molecule has 11 unspecified atom stereocenters. The molecular formula is C26H34O6. The van der Waals surface area contributed by atoms with E-state index in [4.69, 9.17) is 9.15 Å². The van der Waals surface area contributed by atoms with Crippen molar-refractivity contribution in [2.24, 2.45) is 33.5 Å². The van der Waals surface area contributed by atoms with Crippen LogP contribution in [0.25, 0.3) is 0 Å². The maximum absolute atomic E-state index is 13.9. The third kappa shape index (κ3) is 2.06. The number of allylic oxidation sites excluding steroid dienone is 1. The molecule has 2 heterocycles. The van der Waals surface area contributed by atoms with Crippen LogP contribution >= 0.6 is 0 Å². The fraction of sp³-hybridized carbons (Fsp3) is 0.731. The van der Waals surface area contributed by atoms with Crippen molar-refractivity contribution < 1.29 is 29.3 Å². The molecule has 5 aliphatic rings. The summed E-state index contributed by atoms with van der Waals surface area (Å²) < 4.78 is 11.6. The van der Waals surface area contributed by atoms with Gasteiger partial charge in [-0.05, 0) is 30.9 Å². The summed E-state index contributed by atoms with van der Waals surface area (Å²) >= 11 is 0. The highest BCUT2D eigenvalue weighted by molar-refractivity contribution is 5.92. The van der Waals surface area contributed by atoms with Gasteiger partial charge in [-0.15, -0.1) is 0 Å². The number of carbonyl (C=O) groups excluding carboxylic acids is 1. The molecule has 6 rings (SSSR count). The summed E-state index contributed by atoms with van der Waals surface area (Å²) in [6.07, 6.45) is 4.06. The van der Waals surface area contributed by atoms with Crippen molar-refractivity contribution in [1.29, 1.82) is 0 Å². The van der Waals surface area contributed by atoms with Crippen molar-refractivity contribution >= 4 is 5.78 Å². The molecule has 11 atom stereocenters. The van der Waals surface area contributed by atoms with Crippen molar-refractivity contribution in [2.45, 2.75) is 77.3 Å². The first-order valence-corrected chi connectivity index (χ1v) is 11.9. The van der Waals surface area contributed by atoms with Gasteiger partial charge in [0.15, 0.2) is 0 Å². The van der Waals surface area contributed by atoms with Gasteiger partial charge >= 0.3 is 0 Å². The SMILES string of the molecule is CC12C(=O)CC3C(C)(C1=CCC2c1ccoc1)C(O)C1OCC2(C)C(O)CC(O)C3(C)C12. The van der Waals surface area contributed by atoms with E-state index in [0.29, 0.717) is 13.0 Å². The molecule has 6 heteroatoms. The molecule has 4 fully saturated rings. The van der Waals surface area contributed by atoms with Crippen molar-refractivity contribution in [2.75, 3.05) is 6.61 Å². The van der Waals surface area contributed by atoms with Gasteiger partial charge in [-0.2, -0.15) is 0 Å². The number of aliphatic hydroxyl groups is 3. The van der Waals surface area contributed by atoms with E-state index in [2.05, 4.69) is 19.9 Å². The van der Waals surface area contributed by atoms with Gasteiger partial charge in [-0.1, -0.05) is 32.4 Å². The van der Waals surface area contributed by atoms with Crippen LogP contribution in [-0.4, -0.2) is 52.1 Å². The van der Waals surface area contributed by atoms with Gasteiger partial charge in [0.1, 0.15) is 5.78 Å². The Morgan fingerprint density at radius 2 is 1.84 bits per heavy atom. The van der Waals surface area contributed by atoms with Crippen LogP contribution in [0.4, 0.5) is 0 Å². The van der Waals surface area contributed by atoms with E-state index in [-0.39, 0.29) is 30.0 Å². The number of ketones is 1. The molecule has 4 aliphatic carbocycles. The lowest BCUT2D eigenvalue weighted by Crippen LogP contribution is -2.73. The van der Waals surface area contributed by atoms with Crippen LogP contribution in [0.5, 0.6) is 0 Å². The quantitative estimate of drug-likeness (QED) is 0.579. The Kier molecular flexibility index (Phi) is 4.05. The van der Waals surface area contributed by atoms with E-state index >= 15 is 0 Å². The lowest BCUT2D eigenvalue weighted by Gasteiger charge is -2.68. The number of furan rings is 1. The van der Waals surface area contributed by atoms with Crippen molar-refractivity contribution in [3.63, 3.8) is 0 Å². The van der Waals surface area contributed by atoms with E-state index in [1.165, 1.54) is 0 Å². The molecule has 0 bridgehead atoms. The number of ether oxygens (including phenoxy) is 1. The number of hydrogen-bond donors (Lipinski definition) is 3. The molecule has 6 nitrogen and oxygen atoms in total. The Morgan fingerprint density at radius 1 is 1.09 bits per heavy atom. The monoisotopic (exact) mass is 442 g/mol. The number of hydrogen-bond acceptors (Lipinski definition) is 6. The Morgan fingerprint density at radius 3 is 2.53 bits per heavy atom. The number of rotatable bonds is 1. The smallest absolute Gasteiger partial charge is 0.143 e. The molecule has 1 saturated heterocycles. The summed E-state index contributed by atoms with van der Waals surface area (Å²) in [7, 11) is 0. The summed E-state index contributed by atoms with van der Waals surface area (Å²) in [6.45, 7) is 8.54. The molecule has 3 saturated carbocycles. The number of fused-ring (bicyclic) bond motifs is 4. The number of aliphatic hydroxyl groups excluding tert-OH is 3. The minimum atomic E-state index is -0.813. The predicted molar refractivity (Wildman–Crippen MR) is 116 cm³/mol. The Bertz CT molecular complexity index is 1000. The van der Waals surface area contributed by atoms with Crippen LogP contribution in [0.2, 0.25) is 0 Å². The zero-order valence-electron chi connectivity index (χ0n) is 19.2. The minimum Gasteiger partial charge on any atom is -0.472 e. The van der Waals surface area contributed by atoms with Crippen molar-refractivity contribution in [3.05, 3.63) is 35.8 Å². The molecule has 1 aromatic heterocycles. The van der Waals surface area contributed by atoms with Gasteiger partial charge < -0.3 is 24.5 Å². The second-order valence-corrected chi connectivity index (χ2v) is 12.0. The van der Waals surface area contributed by atoms with Crippen LogP contribution in [0.3, 0.4) is 0 Å². The molecule has 174 valence electrons. The van der Waals surface area contributed by atoms with Gasteiger partial charge in [0.25, 0.3) is 0 Å². The molecule has 1 aromatic rings. The van der Waals surface area contributed by atoms with E-state index in [1.54, 1.807) is 12.5 Å². The highest BCUT2D eigenvalue weighted by Crippen LogP contribution is 2.74. The Balaban J connectivity index is 1.52. The zero-order chi connectivity index (χ0) is 22.8. The molecule has 1 aliphatic heterocycles. The first-order valence-electron chi connectivity index (χ1n) is 11.9. The standard InChI is InChI=1S/C26H34O6/c1-23-12-32-20-21(23)26(4,19(29)10-17(23)27)16-9-18(28)24(2)14(13-7-8-31-11-13)5-6-15(24)25(16,3)22(20)30/h6-8,11,14,16-17,19-22,27,29-30H,5,9-10,12H2,1-4H3. The molecule has 0 radical (unpaired) electrons. The Hall–Kier alpha value is -1.47. The molecule has 0 amide bonds. The van der Waals surface area contributed by atoms with E-state index < -0.39 is 46.1 Å². The third-order valence-corrected chi connectivity index (χ3v) is 10.9. The number of Topliss-reactive ketones (excluding diaryl/α,β-unsaturated/α-hetero) is 1. The fourth-order valence-corrected chi connectivity index (χ4v) is 9.18. The minimum absolute atomic E-state index is 0.0212. The number of carbonyl (C=O) groups is 1. The average molecular weight is 443 g/mol. The lowest BCUT2D eigenvalue weighted by atomic mass is 9.36. The maximum Gasteiger partial charge on any atom is 0.143 e. The van der Waals surface area contributed by atoms with Crippen LogP contribution in [0.1, 0.15) is 58.4 Å². The average Bonchev–Trinajstić information content (AvgIpc) is 3.46. The highest BCUT2D eigenvalue weighted by Gasteiger charge is 2.77. The van der Waals surface area contributed by atoms with Gasteiger partial charge in [0.05, 0.1) is 49.0 Å². The normalized spacial score (nSPS) is 56.4. The van der Waals surface area contributed by atoms with Gasteiger partial charge in [0, 0.05) is 40.9 Å². The molecule has 0 aromatic carbocycles. The lowest BCUT2D eigenvalue weighted by molar-refractivity contribution is -0.252. The summed E-state index contributed by atoms with van der Waals surface area (Å²) in [5.41, 5.74) is -0.622. The fourth-order valence-electron chi connectivity index (χ4n) is 9.18. The van der Waals surface area contributed by atoms with Gasteiger partial charge in [-0.25, -0.2) is 0 Å². The van der Waals surface area contributed by atoms with Crippen LogP contribution in [0, 0.1) is 33.5 Å². The van der Waals surface area contributed by atoms with E-state index in [1.807, 2.05) is 19.9 Å². The second-order valence-electron chi connectivity index (χ2n) is 12.0. The molecular weight excluding hydrogens is 408 g/mol.